The molecule has 1 saturated heterocycles. The van der Waals surface area contributed by atoms with E-state index in [1.165, 1.54) is 25.0 Å². The molecular weight excluding hydrogens is 259 g/mol. The van der Waals surface area contributed by atoms with E-state index in [-0.39, 0.29) is 5.56 Å². The molecule has 1 aliphatic rings. The Morgan fingerprint density at radius 3 is 2.85 bits per heavy atom. The Hall–Kier alpha value is -1.78. The van der Waals surface area contributed by atoms with Gasteiger partial charge >= 0.3 is 5.97 Å². The standard InChI is InChI=1S/C15H21FN2O2/c1-2-10-6-4-3-5-7-18(10)14-9-12(16)11(15(19)20)8-13(14)17/h8-10H,2-7,17H2,1H3,(H,19,20). The first-order valence-electron chi connectivity index (χ1n) is 7.13. The number of nitrogens with zero attached hydrogens (tertiary/aromatic N) is 1. The maximum absolute atomic E-state index is 13.9. The number of carbonyl (C=O) groups is 1. The number of hydrogen-bond donors (Lipinski definition) is 2. The largest absolute Gasteiger partial charge is 0.478 e. The predicted octanol–water partition coefficient (Wildman–Crippen LogP) is 3.27. The minimum Gasteiger partial charge on any atom is -0.478 e. The van der Waals surface area contributed by atoms with E-state index in [0.717, 1.165) is 25.8 Å². The second-order valence-corrected chi connectivity index (χ2v) is 5.30. The first-order chi connectivity index (χ1) is 9.54. The molecule has 2 rings (SSSR count). The normalized spacial score (nSPS) is 19.7. The predicted molar refractivity (Wildman–Crippen MR) is 77.7 cm³/mol. The van der Waals surface area contributed by atoms with E-state index in [1.807, 2.05) is 0 Å². The van der Waals surface area contributed by atoms with Crippen molar-refractivity contribution in [2.45, 2.75) is 45.1 Å². The summed E-state index contributed by atoms with van der Waals surface area (Å²) in [6.07, 6.45) is 5.44. The maximum atomic E-state index is 13.9. The first-order valence-corrected chi connectivity index (χ1v) is 7.13. The van der Waals surface area contributed by atoms with Crippen LogP contribution in [0.2, 0.25) is 0 Å². The molecule has 110 valence electrons. The zero-order valence-electron chi connectivity index (χ0n) is 11.7. The summed E-state index contributed by atoms with van der Waals surface area (Å²) in [5, 5.41) is 8.93. The zero-order valence-corrected chi connectivity index (χ0v) is 11.7. The number of halogens is 1. The van der Waals surface area contributed by atoms with Gasteiger partial charge in [0.2, 0.25) is 0 Å². The smallest absolute Gasteiger partial charge is 0.338 e. The van der Waals surface area contributed by atoms with Crippen LogP contribution < -0.4 is 10.6 Å². The lowest BCUT2D eigenvalue weighted by Gasteiger charge is -2.32. The Balaban J connectivity index is 2.40. The zero-order chi connectivity index (χ0) is 14.7. The Morgan fingerprint density at radius 1 is 1.45 bits per heavy atom. The monoisotopic (exact) mass is 280 g/mol. The fourth-order valence-electron chi connectivity index (χ4n) is 2.91. The summed E-state index contributed by atoms with van der Waals surface area (Å²) in [6.45, 7) is 2.95. The van der Waals surface area contributed by atoms with Gasteiger partial charge in [-0.05, 0) is 25.3 Å². The molecule has 0 radical (unpaired) electrons. The van der Waals surface area contributed by atoms with Gasteiger partial charge in [-0.1, -0.05) is 19.8 Å². The van der Waals surface area contributed by atoms with Crippen LogP contribution in [0, 0.1) is 5.82 Å². The summed E-state index contributed by atoms with van der Waals surface area (Å²) in [4.78, 5) is 13.1. The number of hydrogen-bond acceptors (Lipinski definition) is 3. The molecule has 1 aromatic carbocycles. The highest BCUT2D eigenvalue weighted by Crippen LogP contribution is 2.32. The van der Waals surface area contributed by atoms with Crippen LogP contribution in [0.4, 0.5) is 15.8 Å². The maximum Gasteiger partial charge on any atom is 0.338 e. The fourth-order valence-corrected chi connectivity index (χ4v) is 2.91. The van der Waals surface area contributed by atoms with Crippen LogP contribution >= 0.6 is 0 Å². The molecule has 1 atom stereocenters. The summed E-state index contributed by atoms with van der Waals surface area (Å²) in [7, 11) is 0. The van der Waals surface area contributed by atoms with E-state index in [1.54, 1.807) is 0 Å². The van der Waals surface area contributed by atoms with E-state index in [2.05, 4.69) is 11.8 Å². The Labute approximate surface area is 118 Å². The van der Waals surface area contributed by atoms with Crippen LogP contribution in [-0.4, -0.2) is 23.7 Å². The number of benzene rings is 1. The third-order valence-electron chi connectivity index (χ3n) is 4.00. The van der Waals surface area contributed by atoms with Crippen molar-refractivity contribution < 1.29 is 14.3 Å². The quantitative estimate of drug-likeness (QED) is 0.834. The third kappa shape index (κ3) is 2.86. The van der Waals surface area contributed by atoms with Gasteiger partial charge in [-0.15, -0.1) is 0 Å². The van der Waals surface area contributed by atoms with E-state index >= 15 is 0 Å². The summed E-state index contributed by atoms with van der Waals surface area (Å²) in [5.74, 6) is -2.01. The van der Waals surface area contributed by atoms with Gasteiger partial charge in [-0.3, -0.25) is 0 Å². The average Bonchev–Trinajstić information content (AvgIpc) is 2.65. The summed E-state index contributed by atoms with van der Waals surface area (Å²) in [5.41, 5.74) is 6.55. The lowest BCUT2D eigenvalue weighted by molar-refractivity contribution is 0.0692. The average molecular weight is 280 g/mol. The molecule has 5 heteroatoms. The van der Waals surface area contributed by atoms with Crippen molar-refractivity contribution in [2.75, 3.05) is 17.2 Å². The van der Waals surface area contributed by atoms with Crippen LogP contribution in [0.1, 0.15) is 49.4 Å². The highest BCUT2D eigenvalue weighted by molar-refractivity contribution is 5.91. The van der Waals surface area contributed by atoms with Gasteiger partial charge in [0, 0.05) is 18.7 Å². The Bertz CT molecular complexity index is 505. The number of anilines is 2. The molecule has 0 aromatic heterocycles. The molecule has 1 unspecified atom stereocenters. The summed E-state index contributed by atoms with van der Waals surface area (Å²) < 4.78 is 13.9. The second-order valence-electron chi connectivity index (χ2n) is 5.30. The molecule has 0 saturated carbocycles. The van der Waals surface area contributed by atoms with Crippen molar-refractivity contribution in [2.24, 2.45) is 0 Å². The van der Waals surface area contributed by atoms with E-state index < -0.39 is 11.8 Å². The van der Waals surface area contributed by atoms with Crippen LogP contribution in [0.15, 0.2) is 12.1 Å². The summed E-state index contributed by atoms with van der Waals surface area (Å²) in [6, 6.07) is 2.84. The van der Waals surface area contributed by atoms with Crippen LogP contribution in [0.3, 0.4) is 0 Å². The summed E-state index contributed by atoms with van der Waals surface area (Å²) >= 11 is 0. The molecule has 4 nitrogen and oxygen atoms in total. The number of rotatable bonds is 3. The number of nitrogen functional groups attached to an aromatic ring is 1. The van der Waals surface area contributed by atoms with E-state index in [0.29, 0.717) is 17.4 Å². The van der Waals surface area contributed by atoms with Crippen molar-refractivity contribution in [3.05, 3.63) is 23.5 Å². The number of nitrogens with two attached hydrogens (primary N) is 1. The molecular formula is C15H21FN2O2. The van der Waals surface area contributed by atoms with Gasteiger partial charge in [-0.2, -0.15) is 0 Å². The molecule has 0 bridgehead atoms. The van der Waals surface area contributed by atoms with Crippen molar-refractivity contribution in [1.29, 1.82) is 0 Å². The van der Waals surface area contributed by atoms with Gasteiger partial charge in [0.15, 0.2) is 0 Å². The van der Waals surface area contributed by atoms with Crippen molar-refractivity contribution >= 4 is 17.3 Å². The second kappa shape index (κ2) is 6.11. The van der Waals surface area contributed by atoms with Crippen LogP contribution in [0.5, 0.6) is 0 Å². The topological polar surface area (TPSA) is 66.6 Å². The molecule has 0 spiro atoms. The highest BCUT2D eigenvalue weighted by Gasteiger charge is 2.23. The molecule has 1 fully saturated rings. The van der Waals surface area contributed by atoms with Crippen molar-refractivity contribution in [1.82, 2.24) is 0 Å². The minimum absolute atomic E-state index is 0.337. The van der Waals surface area contributed by atoms with Gasteiger partial charge in [0.25, 0.3) is 0 Å². The van der Waals surface area contributed by atoms with Crippen molar-refractivity contribution in [3.63, 3.8) is 0 Å². The lowest BCUT2D eigenvalue weighted by atomic mass is 10.1. The molecule has 0 aliphatic carbocycles. The molecule has 3 N–H and O–H groups in total. The van der Waals surface area contributed by atoms with Gasteiger partial charge in [0.1, 0.15) is 5.82 Å². The molecule has 20 heavy (non-hydrogen) atoms. The van der Waals surface area contributed by atoms with Gasteiger partial charge in [-0.25, -0.2) is 9.18 Å². The van der Waals surface area contributed by atoms with Gasteiger partial charge in [0.05, 0.1) is 16.9 Å². The third-order valence-corrected chi connectivity index (χ3v) is 4.00. The first kappa shape index (κ1) is 14.6. The number of aromatic carboxylic acids is 1. The van der Waals surface area contributed by atoms with E-state index in [9.17, 15) is 9.18 Å². The van der Waals surface area contributed by atoms with Crippen molar-refractivity contribution in [3.8, 4) is 0 Å². The van der Waals surface area contributed by atoms with E-state index in [4.69, 9.17) is 10.8 Å². The van der Waals surface area contributed by atoms with Crippen LogP contribution in [0.25, 0.3) is 0 Å². The molecule has 0 amide bonds. The van der Waals surface area contributed by atoms with Crippen LogP contribution in [-0.2, 0) is 0 Å². The lowest BCUT2D eigenvalue weighted by Crippen LogP contribution is -2.35. The van der Waals surface area contributed by atoms with Gasteiger partial charge < -0.3 is 15.7 Å². The number of carboxylic acid groups (broad SMARTS) is 1. The Morgan fingerprint density at radius 2 is 2.20 bits per heavy atom. The molecule has 1 aromatic rings. The number of carboxylic acids is 1. The SMILES string of the molecule is CCC1CCCCCN1c1cc(F)c(C(=O)O)cc1N. The fraction of sp³-hybridized carbons (Fsp3) is 0.533. The Kier molecular flexibility index (Phi) is 4.47. The molecule has 1 aliphatic heterocycles. The molecule has 1 heterocycles. The minimum atomic E-state index is -1.29. The highest BCUT2D eigenvalue weighted by atomic mass is 19.1.